The molecule has 37 heavy (non-hydrogen) atoms. The number of hydrazone groups is 1. The van der Waals surface area contributed by atoms with Gasteiger partial charge in [0, 0.05) is 37.5 Å². The Hall–Kier alpha value is -3.93. The molecule has 2 aliphatic rings. The van der Waals surface area contributed by atoms with Gasteiger partial charge in [-0.15, -0.1) is 18.3 Å². The molecule has 2 aliphatic carbocycles. The number of alkyl halides is 3. The molecule has 0 radical (unpaired) electrons. The summed E-state index contributed by atoms with van der Waals surface area (Å²) < 4.78 is 42.4. The van der Waals surface area contributed by atoms with Crippen LogP contribution in [0.1, 0.15) is 18.7 Å². The fraction of sp³-hybridized carbons (Fsp3) is 0.280. The third-order valence-electron chi connectivity index (χ3n) is 5.53. The Morgan fingerprint density at radius 1 is 1.22 bits per heavy atom. The highest BCUT2D eigenvalue weighted by atomic mass is 32.1. The largest absolute Gasteiger partial charge is 0.573 e. The second kappa shape index (κ2) is 11.4. The lowest BCUT2D eigenvalue weighted by molar-refractivity contribution is -0.274. The lowest BCUT2D eigenvalue weighted by Gasteiger charge is -2.23. The molecular weight excluding hydrogens is 503 g/mol. The number of ether oxygens (including phenoxy) is 1. The summed E-state index contributed by atoms with van der Waals surface area (Å²) in [6.45, 7) is 0. The van der Waals surface area contributed by atoms with Crippen molar-refractivity contribution in [1.29, 1.82) is 0 Å². The average molecular weight is 530 g/mol. The van der Waals surface area contributed by atoms with Crippen LogP contribution >= 0.6 is 12.2 Å². The second-order valence-corrected chi connectivity index (χ2v) is 8.97. The van der Waals surface area contributed by atoms with Crippen LogP contribution in [0.5, 0.6) is 5.75 Å². The lowest BCUT2D eigenvalue weighted by atomic mass is 9.97. The monoisotopic (exact) mass is 529 g/mol. The highest BCUT2D eigenvalue weighted by Gasteiger charge is 2.31. The van der Waals surface area contributed by atoms with Gasteiger partial charge < -0.3 is 15.0 Å². The topological polar surface area (TPSA) is 79.6 Å². The van der Waals surface area contributed by atoms with E-state index in [1.807, 2.05) is 37.2 Å². The van der Waals surface area contributed by atoms with Crippen LogP contribution in [-0.2, 0) is 0 Å². The Morgan fingerprint density at radius 3 is 2.68 bits per heavy atom. The number of halogens is 3. The van der Waals surface area contributed by atoms with Gasteiger partial charge in [0.2, 0.25) is 0 Å². The number of thiocarbonyl (C=S) groups is 1. The van der Waals surface area contributed by atoms with Gasteiger partial charge >= 0.3 is 6.36 Å². The first kappa shape index (κ1) is 26.1. The molecule has 2 N–H and O–H groups in total. The minimum atomic E-state index is -4.73. The number of nitrogens with one attached hydrogen (secondary N) is 2. The van der Waals surface area contributed by atoms with Crippen LogP contribution in [0.15, 0.2) is 77.8 Å². The number of likely N-dealkylation sites (N-methyl/N-ethyl adjacent to an activating group) is 1. The Morgan fingerprint density at radius 2 is 2.00 bits per heavy atom. The van der Waals surface area contributed by atoms with Crippen molar-refractivity contribution >= 4 is 29.1 Å². The van der Waals surface area contributed by atoms with Crippen LogP contribution < -0.4 is 15.5 Å². The van der Waals surface area contributed by atoms with E-state index in [4.69, 9.17) is 12.2 Å². The number of allylic oxidation sites excluding steroid dienone is 5. The molecule has 0 saturated heterocycles. The molecule has 12 heteroatoms. The van der Waals surface area contributed by atoms with Crippen molar-refractivity contribution in [3.63, 3.8) is 0 Å². The highest BCUT2D eigenvalue weighted by Crippen LogP contribution is 2.25. The van der Waals surface area contributed by atoms with Crippen molar-refractivity contribution in [3.8, 4) is 11.4 Å². The van der Waals surface area contributed by atoms with Crippen LogP contribution in [-0.4, -0.2) is 57.5 Å². The summed E-state index contributed by atoms with van der Waals surface area (Å²) in [5.74, 6) is 0.298. The number of hydrogen-bond acceptors (Lipinski definition) is 6. The van der Waals surface area contributed by atoms with Crippen LogP contribution in [0, 0.1) is 5.92 Å². The van der Waals surface area contributed by atoms with E-state index in [9.17, 15) is 13.2 Å². The fourth-order valence-electron chi connectivity index (χ4n) is 3.69. The Kier molecular flexibility index (Phi) is 8.07. The summed E-state index contributed by atoms with van der Waals surface area (Å²) in [5, 5.41) is 12.4. The number of benzene rings is 1. The van der Waals surface area contributed by atoms with Crippen LogP contribution in [0.4, 0.5) is 13.2 Å². The van der Waals surface area contributed by atoms with Gasteiger partial charge in [-0.2, -0.15) is 5.10 Å². The summed E-state index contributed by atoms with van der Waals surface area (Å²) in [4.78, 5) is 6.36. The van der Waals surface area contributed by atoms with E-state index in [1.54, 1.807) is 6.21 Å². The summed E-state index contributed by atoms with van der Waals surface area (Å²) in [6.07, 6.45) is 12.4. The van der Waals surface area contributed by atoms with Gasteiger partial charge in [-0.3, -0.25) is 5.43 Å². The fourth-order valence-corrected chi connectivity index (χ4v) is 3.89. The molecule has 0 fully saturated rings. The molecule has 2 aromatic rings. The number of aromatic nitrogens is 3. The molecule has 0 bridgehead atoms. The van der Waals surface area contributed by atoms with E-state index in [0.717, 1.165) is 17.7 Å². The smallest absolute Gasteiger partial charge is 0.406 e. The van der Waals surface area contributed by atoms with Crippen LogP contribution in [0.2, 0.25) is 0 Å². The van der Waals surface area contributed by atoms with Gasteiger partial charge in [0.25, 0.3) is 0 Å². The zero-order valence-electron chi connectivity index (χ0n) is 20.2. The van der Waals surface area contributed by atoms with E-state index in [-0.39, 0.29) is 17.7 Å². The molecule has 1 heterocycles. The summed E-state index contributed by atoms with van der Waals surface area (Å²) in [6, 6.07) is 5.52. The maximum Gasteiger partial charge on any atom is 0.573 e. The first-order chi connectivity index (χ1) is 17.7. The quantitative estimate of drug-likeness (QED) is 0.314. The van der Waals surface area contributed by atoms with Crippen molar-refractivity contribution in [2.75, 3.05) is 14.1 Å². The SMILES string of the molecule is CN(C)C1=CC(NC(=S)N/N=C/C2C=CC(c3ncn(-c4ccc(OC(F)(F)F)cc4)n3)=CC2)CC=C1. The standard InChI is InChI=1S/C25H26F3N7OS/c1-34(2)21-5-3-4-19(14-21)31-24(37)32-30-15-17-6-8-18(9-7-17)23-29-16-35(33-23)20-10-12-22(13-11-20)36-25(26,27)28/h3,5-6,8-17,19H,4,7H2,1-2H3,(H2,31,32,37)/b30-15+. The van der Waals surface area contributed by atoms with Gasteiger partial charge in [-0.25, -0.2) is 9.67 Å². The molecule has 0 saturated carbocycles. The van der Waals surface area contributed by atoms with Gasteiger partial charge in [-0.1, -0.05) is 24.3 Å². The summed E-state index contributed by atoms with van der Waals surface area (Å²) in [7, 11) is 4.00. The minimum Gasteiger partial charge on any atom is -0.406 e. The van der Waals surface area contributed by atoms with Crippen molar-refractivity contribution in [2.24, 2.45) is 11.0 Å². The molecule has 2 unspecified atom stereocenters. The predicted molar refractivity (Wildman–Crippen MR) is 140 cm³/mol. The maximum absolute atomic E-state index is 12.3. The van der Waals surface area contributed by atoms with Gasteiger partial charge in [0.15, 0.2) is 10.9 Å². The molecule has 2 atom stereocenters. The summed E-state index contributed by atoms with van der Waals surface area (Å²) in [5.41, 5.74) is 5.40. The third-order valence-corrected chi connectivity index (χ3v) is 5.74. The lowest BCUT2D eigenvalue weighted by Crippen LogP contribution is -2.40. The Balaban J connectivity index is 1.26. The molecule has 1 aromatic carbocycles. The molecule has 0 spiro atoms. The number of rotatable bonds is 7. The van der Waals surface area contributed by atoms with E-state index >= 15 is 0 Å². The van der Waals surface area contributed by atoms with Gasteiger partial charge in [0.1, 0.15) is 12.1 Å². The maximum atomic E-state index is 12.3. The predicted octanol–water partition coefficient (Wildman–Crippen LogP) is 4.35. The summed E-state index contributed by atoms with van der Waals surface area (Å²) >= 11 is 5.35. The minimum absolute atomic E-state index is 0.0835. The van der Waals surface area contributed by atoms with E-state index < -0.39 is 6.36 Å². The zero-order valence-corrected chi connectivity index (χ0v) is 21.0. The molecule has 8 nitrogen and oxygen atoms in total. The van der Waals surface area contributed by atoms with E-state index in [1.165, 1.54) is 35.3 Å². The first-order valence-electron chi connectivity index (χ1n) is 11.5. The van der Waals surface area contributed by atoms with Crippen LogP contribution in [0.3, 0.4) is 0 Å². The molecular formula is C25H26F3N7OS. The molecule has 194 valence electrons. The van der Waals surface area contributed by atoms with Crippen LogP contribution in [0.25, 0.3) is 11.3 Å². The molecule has 4 rings (SSSR count). The number of hydrogen-bond donors (Lipinski definition) is 2. The zero-order chi connectivity index (χ0) is 26.4. The highest BCUT2D eigenvalue weighted by molar-refractivity contribution is 7.80. The number of nitrogens with zero attached hydrogens (tertiary/aromatic N) is 5. The van der Waals surface area contributed by atoms with Crippen molar-refractivity contribution in [2.45, 2.75) is 25.2 Å². The van der Waals surface area contributed by atoms with Gasteiger partial charge in [0.05, 0.1) is 11.7 Å². The molecule has 0 amide bonds. The first-order valence-corrected chi connectivity index (χ1v) is 11.9. The van der Waals surface area contributed by atoms with Gasteiger partial charge in [-0.05, 0) is 61.5 Å². The molecule has 0 aliphatic heterocycles. The van der Waals surface area contributed by atoms with E-state index in [2.05, 4.69) is 48.9 Å². The van der Waals surface area contributed by atoms with Crippen molar-refractivity contribution < 1.29 is 17.9 Å². The average Bonchev–Trinajstić information content (AvgIpc) is 3.34. The molecule has 1 aromatic heterocycles. The van der Waals surface area contributed by atoms with E-state index in [0.29, 0.717) is 23.0 Å². The van der Waals surface area contributed by atoms with Crippen molar-refractivity contribution in [1.82, 2.24) is 30.4 Å². The second-order valence-electron chi connectivity index (χ2n) is 8.57. The van der Waals surface area contributed by atoms with Crippen molar-refractivity contribution in [3.05, 3.63) is 78.6 Å². The normalized spacial score (nSPS) is 19.4. The Bertz CT molecular complexity index is 1260. The Labute approximate surface area is 217 Å². The third kappa shape index (κ3) is 7.53.